The fourth-order valence-corrected chi connectivity index (χ4v) is 0.567. The van der Waals surface area contributed by atoms with E-state index >= 15 is 0 Å². The van der Waals surface area contributed by atoms with Gasteiger partial charge in [0, 0.05) is 5.33 Å². The van der Waals surface area contributed by atoms with Crippen LogP contribution in [0.3, 0.4) is 0 Å². The van der Waals surface area contributed by atoms with E-state index in [1.54, 1.807) is 0 Å². The van der Waals surface area contributed by atoms with Gasteiger partial charge in [-0.15, -0.1) is 0 Å². The molecule has 0 aromatic rings. The molecule has 0 saturated heterocycles. The first-order valence-electron chi connectivity index (χ1n) is 2.05. The van der Waals surface area contributed by atoms with Crippen molar-refractivity contribution >= 4 is 15.9 Å². The summed E-state index contributed by atoms with van der Waals surface area (Å²) in [4.78, 5) is 0. The van der Waals surface area contributed by atoms with Crippen molar-refractivity contribution in [1.29, 1.82) is 0 Å². The molecule has 0 aliphatic heterocycles. The molecule has 2 heteroatoms. The Labute approximate surface area is 46.5 Å². The molecular weight excluding hydrogens is 144 g/mol. The predicted molar refractivity (Wildman–Crippen MR) is 30.1 cm³/mol. The van der Waals surface area contributed by atoms with Gasteiger partial charge in [-0.2, -0.15) is 0 Å². The Bertz CT molecular complexity index is 26.7. The van der Waals surface area contributed by atoms with Gasteiger partial charge in [-0.05, 0) is 6.42 Å². The highest BCUT2D eigenvalue weighted by Gasteiger charge is 1.92. The minimum absolute atomic E-state index is 0.148. The molecule has 0 bridgehead atoms. The van der Waals surface area contributed by atoms with Crippen molar-refractivity contribution < 1.29 is 5.11 Å². The quantitative estimate of drug-likeness (QED) is 0.590. The molecule has 0 amide bonds. The summed E-state index contributed by atoms with van der Waals surface area (Å²) in [5, 5.41) is 9.32. The minimum atomic E-state index is -0.148. The topological polar surface area (TPSA) is 20.2 Å². The van der Waals surface area contributed by atoms with Gasteiger partial charge < -0.3 is 5.11 Å². The largest absolute Gasteiger partial charge is 0.392 e. The average Bonchev–Trinajstić information content (AvgIpc) is 1.65. The zero-order valence-corrected chi connectivity index (χ0v) is 5.40. The lowest BCUT2D eigenvalue weighted by Gasteiger charge is -1.96. The van der Waals surface area contributed by atoms with Crippen molar-refractivity contribution in [3.63, 3.8) is 0 Å². The van der Waals surface area contributed by atoms with E-state index in [4.69, 9.17) is 5.11 Å². The van der Waals surface area contributed by atoms with E-state index in [2.05, 4.69) is 15.9 Å². The summed E-state index contributed by atoms with van der Waals surface area (Å²) in [6.45, 7) is 1.95. The van der Waals surface area contributed by atoms with Gasteiger partial charge in [0.15, 0.2) is 0 Å². The van der Waals surface area contributed by atoms with E-state index in [1.807, 2.05) is 6.92 Å². The molecule has 0 rings (SSSR count). The van der Waals surface area contributed by atoms with Crippen LogP contribution in [-0.4, -0.2) is 16.5 Å². The van der Waals surface area contributed by atoms with E-state index < -0.39 is 0 Å². The molecule has 6 heavy (non-hydrogen) atoms. The minimum Gasteiger partial charge on any atom is -0.392 e. The molecule has 0 saturated carbocycles. The van der Waals surface area contributed by atoms with E-state index in [0.29, 0.717) is 5.33 Å². The van der Waals surface area contributed by atoms with Crippen molar-refractivity contribution in [1.82, 2.24) is 0 Å². The predicted octanol–water partition coefficient (Wildman–Crippen LogP) is 1.15. The first kappa shape index (κ1) is 6.44. The lowest BCUT2D eigenvalue weighted by Crippen LogP contribution is -2.03. The molecule has 1 atom stereocenters. The Hall–Kier alpha value is 0.440. The summed E-state index contributed by atoms with van der Waals surface area (Å²) in [7, 11) is 0. The van der Waals surface area contributed by atoms with Crippen LogP contribution in [0, 0.1) is 0 Å². The van der Waals surface area contributed by atoms with E-state index in [9.17, 15) is 0 Å². The molecule has 1 unspecified atom stereocenters. The summed E-state index contributed by atoms with van der Waals surface area (Å²) < 4.78 is 0. The number of hydrogen-bond donors (Lipinski definition) is 1. The van der Waals surface area contributed by atoms with Crippen LogP contribution in [-0.2, 0) is 0 Å². The standard InChI is InChI=1S/C4H9BrO/c1-2-4(6)3-5/h4,6H,2-3H2,1H3. The van der Waals surface area contributed by atoms with Crippen LogP contribution in [0.2, 0.25) is 0 Å². The fraction of sp³-hybridized carbons (Fsp3) is 1.00. The Morgan fingerprint density at radius 2 is 2.33 bits per heavy atom. The van der Waals surface area contributed by atoms with Crippen molar-refractivity contribution in [2.45, 2.75) is 19.4 Å². The maximum atomic E-state index is 8.62. The normalized spacial score (nSPS) is 14.5. The van der Waals surface area contributed by atoms with Gasteiger partial charge in [-0.3, -0.25) is 0 Å². The number of halogens is 1. The number of hydrogen-bond acceptors (Lipinski definition) is 1. The molecule has 1 nitrogen and oxygen atoms in total. The Balaban J connectivity index is 2.75. The SMILES string of the molecule is CCC(O)CBr. The molecule has 0 radical (unpaired) electrons. The van der Waals surface area contributed by atoms with Gasteiger partial charge in [0.25, 0.3) is 0 Å². The lowest BCUT2D eigenvalue weighted by atomic mass is 10.3. The smallest absolute Gasteiger partial charge is 0.0634 e. The molecule has 0 aliphatic carbocycles. The zero-order chi connectivity index (χ0) is 4.99. The van der Waals surface area contributed by atoms with Gasteiger partial charge in [-0.1, -0.05) is 22.9 Å². The molecule has 0 spiro atoms. The maximum Gasteiger partial charge on any atom is 0.0634 e. The van der Waals surface area contributed by atoms with Crippen LogP contribution in [0.5, 0.6) is 0 Å². The van der Waals surface area contributed by atoms with Crippen LogP contribution < -0.4 is 0 Å². The fourth-order valence-electron chi connectivity index (χ4n) is 0.109. The second kappa shape index (κ2) is 3.62. The number of aliphatic hydroxyl groups is 1. The van der Waals surface area contributed by atoms with Crippen molar-refractivity contribution in [2.24, 2.45) is 0 Å². The first-order valence-corrected chi connectivity index (χ1v) is 3.17. The molecule has 38 valence electrons. The van der Waals surface area contributed by atoms with Crippen LogP contribution >= 0.6 is 15.9 Å². The Morgan fingerprint density at radius 1 is 1.83 bits per heavy atom. The van der Waals surface area contributed by atoms with Gasteiger partial charge in [0.05, 0.1) is 6.10 Å². The third kappa shape index (κ3) is 2.67. The van der Waals surface area contributed by atoms with Crippen LogP contribution in [0.15, 0.2) is 0 Å². The summed E-state index contributed by atoms with van der Waals surface area (Å²) >= 11 is 3.12. The highest BCUT2D eigenvalue weighted by Crippen LogP contribution is 1.92. The Morgan fingerprint density at radius 3 is 2.33 bits per heavy atom. The number of rotatable bonds is 2. The lowest BCUT2D eigenvalue weighted by molar-refractivity contribution is 0.196. The first-order chi connectivity index (χ1) is 2.81. The van der Waals surface area contributed by atoms with Crippen LogP contribution in [0.1, 0.15) is 13.3 Å². The highest BCUT2D eigenvalue weighted by molar-refractivity contribution is 9.09. The number of aliphatic hydroxyl groups excluding tert-OH is 1. The van der Waals surface area contributed by atoms with E-state index in [1.165, 1.54) is 0 Å². The molecule has 0 aliphatic rings. The van der Waals surface area contributed by atoms with E-state index in [0.717, 1.165) is 6.42 Å². The summed E-state index contributed by atoms with van der Waals surface area (Å²) in [5.41, 5.74) is 0. The molecule has 0 aromatic carbocycles. The average molecular weight is 153 g/mol. The second-order valence-electron chi connectivity index (χ2n) is 1.22. The number of alkyl halides is 1. The van der Waals surface area contributed by atoms with Crippen molar-refractivity contribution in [3.8, 4) is 0 Å². The molecule has 0 aromatic heterocycles. The van der Waals surface area contributed by atoms with Crippen molar-refractivity contribution in [3.05, 3.63) is 0 Å². The summed E-state index contributed by atoms with van der Waals surface area (Å²) in [6.07, 6.45) is 0.690. The van der Waals surface area contributed by atoms with E-state index in [-0.39, 0.29) is 6.10 Å². The summed E-state index contributed by atoms with van der Waals surface area (Å²) in [5.74, 6) is 0. The Kier molecular flexibility index (Phi) is 3.89. The van der Waals surface area contributed by atoms with Crippen LogP contribution in [0.4, 0.5) is 0 Å². The molecule has 0 fully saturated rings. The van der Waals surface area contributed by atoms with Gasteiger partial charge >= 0.3 is 0 Å². The van der Waals surface area contributed by atoms with Crippen molar-refractivity contribution in [2.75, 3.05) is 5.33 Å². The van der Waals surface area contributed by atoms with Gasteiger partial charge in [-0.25, -0.2) is 0 Å². The molecule has 1 N–H and O–H groups in total. The summed E-state index contributed by atoms with van der Waals surface area (Å²) in [6, 6.07) is 0. The zero-order valence-electron chi connectivity index (χ0n) is 3.82. The molecular formula is C4H9BrO. The third-order valence-corrected chi connectivity index (χ3v) is 1.40. The van der Waals surface area contributed by atoms with Gasteiger partial charge in [0.1, 0.15) is 0 Å². The van der Waals surface area contributed by atoms with Crippen LogP contribution in [0.25, 0.3) is 0 Å². The molecule has 0 heterocycles. The third-order valence-electron chi connectivity index (χ3n) is 0.649. The second-order valence-corrected chi connectivity index (χ2v) is 1.86. The monoisotopic (exact) mass is 152 g/mol. The maximum absolute atomic E-state index is 8.62. The highest BCUT2D eigenvalue weighted by atomic mass is 79.9. The van der Waals surface area contributed by atoms with Gasteiger partial charge in [0.2, 0.25) is 0 Å².